The minimum absolute atomic E-state index is 0.122. The molecule has 1 aromatic heterocycles. The number of anilines is 1. The van der Waals surface area contributed by atoms with E-state index in [0.29, 0.717) is 41.1 Å². The van der Waals surface area contributed by atoms with Crippen LogP contribution in [0.2, 0.25) is 0 Å². The molecule has 32 heavy (non-hydrogen) atoms. The van der Waals surface area contributed by atoms with Crippen molar-refractivity contribution in [1.82, 2.24) is 10.3 Å². The van der Waals surface area contributed by atoms with E-state index in [1.165, 1.54) is 17.9 Å². The van der Waals surface area contributed by atoms with Crippen LogP contribution in [-0.2, 0) is 20.8 Å². The number of carbonyl (C=O) groups excluding carboxylic acids is 2. The van der Waals surface area contributed by atoms with Crippen LogP contribution >= 0.6 is 0 Å². The number of cyclic esters (lactones) is 1. The summed E-state index contributed by atoms with van der Waals surface area (Å²) >= 11 is 0. The Morgan fingerprint density at radius 3 is 2.88 bits per heavy atom. The van der Waals surface area contributed by atoms with Gasteiger partial charge in [0.2, 0.25) is 5.91 Å². The second-order valence-corrected chi connectivity index (χ2v) is 8.05. The van der Waals surface area contributed by atoms with Crippen molar-refractivity contribution in [2.24, 2.45) is 5.16 Å². The zero-order valence-electron chi connectivity index (χ0n) is 17.2. The second-order valence-electron chi connectivity index (χ2n) is 8.05. The number of nitrogens with zero attached hydrogens (tertiary/aromatic N) is 3. The first kappa shape index (κ1) is 20.4. The Balaban J connectivity index is 1.39. The van der Waals surface area contributed by atoms with E-state index in [2.05, 4.69) is 15.5 Å². The molecule has 2 N–H and O–H groups in total. The summed E-state index contributed by atoms with van der Waals surface area (Å²) in [6.45, 7) is 1.49. The summed E-state index contributed by atoms with van der Waals surface area (Å²) < 4.78 is 20.4. The molecular weight excluding hydrogens is 419 g/mol. The van der Waals surface area contributed by atoms with Crippen LogP contribution in [0.4, 0.5) is 14.9 Å². The first-order chi connectivity index (χ1) is 15.4. The van der Waals surface area contributed by atoms with E-state index < -0.39 is 18.0 Å². The summed E-state index contributed by atoms with van der Waals surface area (Å²) in [4.78, 5) is 34.6. The van der Waals surface area contributed by atoms with Gasteiger partial charge in [0.25, 0.3) is 0 Å². The number of halogens is 1. The third-order valence-electron chi connectivity index (χ3n) is 5.93. The van der Waals surface area contributed by atoms with Gasteiger partial charge in [-0.05, 0) is 30.2 Å². The molecule has 5 rings (SSSR count). The summed E-state index contributed by atoms with van der Waals surface area (Å²) in [7, 11) is 0. The lowest BCUT2D eigenvalue weighted by Gasteiger charge is -2.16. The van der Waals surface area contributed by atoms with Gasteiger partial charge in [0.15, 0.2) is 6.10 Å². The van der Waals surface area contributed by atoms with Crippen LogP contribution in [0.15, 0.2) is 35.6 Å². The SMILES string of the molecule is CC(=O)NCC1OC(=O)N2c3cc(F)c(-c4ccc(C5=NOC(CO)C5)nc4)cc3C[C@@H]12. The van der Waals surface area contributed by atoms with Crippen LogP contribution in [-0.4, -0.2) is 59.2 Å². The number of rotatable bonds is 5. The van der Waals surface area contributed by atoms with Gasteiger partial charge in [-0.3, -0.25) is 14.7 Å². The Bertz CT molecular complexity index is 1120. The van der Waals surface area contributed by atoms with Crippen molar-refractivity contribution in [1.29, 1.82) is 0 Å². The number of ether oxygens (including phenoxy) is 1. The molecule has 0 saturated carbocycles. The van der Waals surface area contributed by atoms with Crippen LogP contribution in [0.3, 0.4) is 0 Å². The maximum absolute atomic E-state index is 15.0. The molecule has 10 heteroatoms. The smallest absolute Gasteiger partial charge is 0.415 e. The quantitative estimate of drug-likeness (QED) is 0.733. The standard InChI is InChI=1S/C22H21FN4O5/c1-11(29)24-9-21-20-5-13-4-15(16(23)7-19(13)27(20)22(30)31-21)12-2-3-17(25-8-12)18-6-14(10-28)32-26-18/h2-4,7-8,14,20-21,28H,5-6,9-10H2,1H3,(H,24,29)/t14?,20-,21?/m0/s1. The largest absolute Gasteiger partial charge is 0.442 e. The maximum atomic E-state index is 15.0. The number of fused-ring (bicyclic) bond motifs is 3. The van der Waals surface area contributed by atoms with E-state index in [4.69, 9.17) is 14.7 Å². The number of amides is 2. The second kappa shape index (κ2) is 7.86. The molecule has 4 heterocycles. The third kappa shape index (κ3) is 3.46. The molecular formula is C22H21FN4O5. The van der Waals surface area contributed by atoms with E-state index in [1.807, 2.05) is 0 Å². The van der Waals surface area contributed by atoms with E-state index in [0.717, 1.165) is 5.56 Å². The predicted molar refractivity (Wildman–Crippen MR) is 112 cm³/mol. The normalized spacial score (nSPS) is 23.3. The molecule has 1 fully saturated rings. The molecule has 3 atom stereocenters. The van der Waals surface area contributed by atoms with Gasteiger partial charge in [-0.25, -0.2) is 9.18 Å². The number of aliphatic hydroxyl groups excluding tert-OH is 1. The average molecular weight is 440 g/mol. The Morgan fingerprint density at radius 2 is 2.19 bits per heavy atom. The Morgan fingerprint density at radius 1 is 1.34 bits per heavy atom. The third-order valence-corrected chi connectivity index (χ3v) is 5.93. The van der Waals surface area contributed by atoms with Gasteiger partial charge in [0.1, 0.15) is 17.6 Å². The fourth-order valence-electron chi connectivity index (χ4n) is 4.33. The van der Waals surface area contributed by atoms with Crippen LogP contribution in [0.5, 0.6) is 0 Å². The number of hydrogen-bond acceptors (Lipinski definition) is 7. The number of nitrogens with one attached hydrogen (secondary N) is 1. The minimum Gasteiger partial charge on any atom is -0.442 e. The average Bonchev–Trinajstić information content (AvgIpc) is 3.47. The van der Waals surface area contributed by atoms with Gasteiger partial charge in [0, 0.05) is 30.7 Å². The Labute approximate surface area is 182 Å². The Hall–Kier alpha value is -3.53. The van der Waals surface area contributed by atoms with Crippen molar-refractivity contribution in [3.05, 3.63) is 47.5 Å². The highest BCUT2D eigenvalue weighted by molar-refractivity contribution is 6.00. The fourth-order valence-corrected chi connectivity index (χ4v) is 4.33. The van der Waals surface area contributed by atoms with Crippen LogP contribution in [0.25, 0.3) is 11.1 Å². The van der Waals surface area contributed by atoms with Crippen molar-refractivity contribution < 1.29 is 28.7 Å². The molecule has 2 amide bonds. The molecule has 0 bridgehead atoms. The van der Waals surface area contributed by atoms with Crippen molar-refractivity contribution in [2.75, 3.05) is 18.1 Å². The summed E-state index contributed by atoms with van der Waals surface area (Å²) in [5.74, 6) is -0.680. The van der Waals surface area contributed by atoms with E-state index >= 15 is 4.39 Å². The van der Waals surface area contributed by atoms with Gasteiger partial charge >= 0.3 is 6.09 Å². The van der Waals surface area contributed by atoms with Crippen molar-refractivity contribution in [3.63, 3.8) is 0 Å². The molecule has 1 saturated heterocycles. The summed E-state index contributed by atoms with van der Waals surface area (Å²) in [6, 6.07) is 6.29. The molecule has 0 radical (unpaired) electrons. The lowest BCUT2D eigenvalue weighted by atomic mass is 9.99. The highest BCUT2D eigenvalue weighted by atomic mass is 19.1. The molecule has 1 aromatic carbocycles. The maximum Gasteiger partial charge on any atom is 0.415 e. The lowest BCUT2D eigenvalue weighted by molar-refractivity contribution is -0.119. The minimum atomic E-state index is -0.539. The highest BCUT2D eigenvalue weighted by Crippen LogP contribution is 2.41. The molecule has 0 aliphatic carbocycles. The first-order valence-electron chi connectivity index (χ1n) is 10.3. The van der Waals surface area contributed by atoms with Gasteiger partial charge in [-0.1, -0.05) is 11.2 Å². The number of oxime groups is 1. The molecule has 2 unspecified atom stereocenters. The topological polar surface area (TPSA) is 113 Å². The molecule has 9 nitrogen and oxygen atoms in total. The van der Waals surface area contributed by atoms with Gasteiger partial charge in [-0.2, -0.15) is 0 Å². The van der Waals surface area contributed by atoms with Crippen molar-refractivity contribution in [3.8, 4) is 11.1 Å². The molecule has 0 spiro atoms. The highest BCUT2D eigenvalue weighted by Gasteiger charge is 2.47. The predicted octanol–water partition coefficient (Wildman–Crippen LogP) is 1.76. The number of aliphatic hydroxyl groups is 1. The number of hydrogen-bond donors (Lipinski definition) is 2. The fraction of sp³-hybridized carbons (Fsp3) is 0.364. The van der Waals surface area contributed by atoms with Crippen LogP contribution in [0.1, 0.15) is 24.6 Å². The van der Waals surface area contributed by atoms with E-state index in [-0.39, 0.29) is 31.2 Å². The summed E-state index contributed by atoms with van der Waals surface area (Å²) in [5, 5.41) is 15.8. The summed E-state index contributed by atoms with van der Waals surface area (Å²) in [6.07, 6.45) is 1.13. The number of pyridine rings is 1. The van der Waals surface area contributed by atoms with Gasteiger partial charge in [-0.15, -0.1) is 0 Å². The Kier molecular flexibility index (Phi) is 5.01. The molecule has 166 valence electrons. The van der Waals surface area contributed by atoms with E-state index in [9.17, 15) is 9.59 Å². The van der Waals surface area contributed by atoms with Crippen molar-refractivity contribution in [2.45, 2.75) is 38.0 Å². The van der Waals surface area contributed by atoms with Gasteiger partial charge < -0.3 is 20.0 Å². The zero-order valence-corrected chi connectivity index (χ0v) is 17.2. The van der Waals surface area contributed by atoms with Crippen molar-refractivity contribution >= 4 is 23.4 Å². The van der Waals surface area contributed by atoms with Gasteiger partial charge in [0.05, 0.1) is 30.6 Å². The summed E-state index contributed by atoms with van der Waals surface area (Å²) in [5.41, 5.74) is 3.54. The van der Waals surface area contributed by atoms with Crippen LogP contribution in [0, 0.1) is 5.82 Å². The molecule has 3 aliphatic rings. The first-order valence-corrected chi connectivity index (χ1v) is 10.3. The number of benzene rings is 1. The number of carbonyl (C=O) groups is 2. The molecule has 3 aliphatic heterocycles. The molecule has 2 aromatic rings. The zero-order chi connectivity index (χ0) is 22.4. The monoisotopic (exact) mass is 440 g/mol. The van der Waals surface area contributed by atoms with Crippen LogP contribution < -0.4 is 10.2 Å². The van der Waals surface area contributed by atoms with E-state index in [1.54, 1.807) is 24.4 Å². The number of aromatic nitrogens is 1. The lowest BCUT2D eigenvalue weighted by Crippen LogP contribution is -2.40.